The lowest BCUT2D eigenvalue weighted by Crippen LogP contribution is -2.32. The summed E-state index contributed by atoms with van der Waals surface area (Å²) in [4.78, 5) is 4.57. The van der Waals surface area contributed by atoms with Gasteiger partial charge < -0.3 is 19.9 Å². The minimum Gasteiger partial charge on any atom is -0.380 e. The van der Waals surface area contributed by atoms with Crippen LogP contribution in [0.4, 0.5) is 0 Å². The first-order valence-corrected chi connectivity index (χ1v) is 7.30. The maximum absolute atomic E-state index is 5.63. The van der Waals surface area contributed by atoms with Crippen LogP contribution in [0.1, 0.15) is 19.3 Å². The first-order valence-electron chi connectivity index (χ1n) is 7.30. The Morgan fingerprint density at radius 3 is 2.50 bits per heavy atom. The Labute approximate surface area is 113 Å². The molecule has 0 aromatic carbocycles. The quantitative estimate of drug-likeness (QED) is 0.526. The molecule has 0 aromatic rings. The molecule has 1 N–H and O–H groups in total. The summed E-state index contributed by atoms with van der Waals surface area (Å²) in [6.45, 7) is 7.37. The zero-order valence-corrected chi connectivity index (χ0v) is 12.5. The van der Waals surface area contributed by atoms with Crippen molar-refractivity contribution < 1.29 is 4.74 Å². The smallest absolute Gasteiger partial charge is 0.0593 e. The van der Waals surface area contributed by atoms with Gasteiger partial charge in [-0.15, -0.1) is 0 Å². The lowest BCUT2D eigenvalue weighted by atomic mass is 10.4. The first-order chi connectivity index (χ1) is 8.68. The molecule has 1 aliphatic carbocycles. The maximum Gasteiger partial charge on any atom is 0.0593 e. The van der Waals surface area contributed by atoms with Crippen LogP contribution in [0.3, 0.4) is 0 Å². The van der Waals surface area contributed by atoms with E-state index >= 15 is 0 Å². The second-order valence-corrected chi connectivity index (χ2v) is 5.73. The standard InChI is InChI=1S/C14H31N3O/c1-16(2)9-4-7-15-8-10-17(3)11-12-18-13-14-5-6-14/h14-15H,4-13H2,1-3H3. The van der Waals surface area contributed by atoms with Crippen molar-refractivity contribution in [2.75, 3.05) is 67.1 Å². The van der Waals surface area contributed by atoms with E-state index in [0.717, 1.165) is 51.9 Å². The molecule has 0 atom stereocenters. The number of ether oxygens (including phenoxy) is 1. The molecule has 4 nitrogen and oxygen atoms in total. The van der Waals surface area contributed by atoms with Gasteiger partial charge in [-0.2, -0.15) is 0 Å². The van der Waals surface area contributed by atoms with E-state index in [-0.39, 0.29) is 0 Å². The molecule has 0 amide bonds. The van der Waals surface area contributed by atoms with Crippen LogP contribution in [0.15, 0.2) is 0 Å². The summed E-state index contributed by atoms with van der Waals surface area (Å²) in [5, 5.41) is 3.48. The summed E-state index contributed by atoms with van der Waals surface area (Å²) in [7, 11) is 6.41. The van der Waals surface area contributed by atoms with Gasteiger partial charge in [0.15, 0.2) is 0 Å². The van der Waals surface area contributed by atoms with Crippen molar-refractivity contribution in [3.63, 3.8) is 0 Å². The number of nitrogens with zero attached hydrogens (tertiary/aromatic N) is 2. The molecule has 1 rings (SSSR count). The van der Waals surface area contributed by atoms with Crippen molar-refractivity contribution in [3.8, 4) is 0 Å². The Morgan fingerprint density at radius 1 is 1.06 bits per heavy atom. The minimum atomic E-state index is 0.883. The topological polar surface area (TPSA) is 27.7 Å². The van der Waals surface area contributed by atoms with Gasteiger partial charge in [0.1, 0.15) is 0 Å². The predicted octanol–water partition coefficient (Wildman–Crippen LogP) is 0.886. The Hall–Kier alpha value is -0.160. The van der Waals surface area contributed by atoms with Crippen molar-refractivity contribution >= 4 is 0 Å². The highest BCUT2D eigenvalue weighted by atomic mass is 16.5. The molecular formula is C14H31N3O. The molecule has 0 heterocycles. The van der Waals surface area contributed by atoms with Crippen LogP contribution >= 0.6 is 0 Å². The fourth-order valence-corrected chi connectivity index (χ4v) is 1.78. The molecule has 0 saturated heterocycles. The van der Waals surface area contributed by atoms with Crippen LogP contribution < -0.4 is 5.32 Å². The number of nitrogens with one attached hydrogen (secondary N) is 1. The Morgan fingerprint density at radius 2 is 1.83 bits per heavy atom. The monoisotopic (exact) mass is 257 g/mol. The van der Waals surface area contributed by atoms with Crippen LogP contribution in [0.2, 0.25) is 0 Å². The third kappa shape index (κ3) is 9.83. The lowest BCUT2D eigenvalue weighted by molar-refractivity contribution is 0.104. The number of rotatable bonds is 12. The van der Waals surface area contributed by atoms with E-state index in [1.54, 1.807) is 0 Å². The molecular weight excluding hydrogens is 226 g/mol. The molecule has 0 aliphatic heterocycles. The van der Waals surface area contributed by atoms with Crippen molar-refractivity contribution in [2.45, 2.75) is 19.3 Å². The Bertz CT molecular complexity index is 195. The van der Waals surface area contributed by atoms with E-state index in [2.05, 4.69) is 36.3 Å². The summed E-state index contributed by atoms with van der Waals surface area (Å²) in [5.74, 6) is 0.883. The van der Waals surface area contributed by atoms with Gasteiger partial charge in [-0.1, -0.05) is 0 Å². The maximum atomic E-state index is 5.63. The van der Waals surface area contributed by atoms with Crippen molar-refractivity contribution in [1.82, 2.24) is 15.1 Å². The molecule has 4 heteroatoms. The summed E-state index contributed by atoms with van der Waals surface area (Å²) in [5.41, 5.74) is 0. The molecule has 1 fully saturated rings. The van der Waals surface area contributed by atoms with Gasteiger partial charge in [0, 0.05) is 26.2 Å². The van der Waals surface area contributed by atoms with Crippen LogP contribution in [0, 0.1) is 5.92 Å². The van der Waals surface area contributed by atoms with Crippen molar-refractivity contribution in [2.24, 2.45) is 5.92 Å². The summed E-state index contributed by atoms with van der Waals surface area (Å²) in [6.07, 6.45) is 3.99. The highest BCUT2D eigenvalue weighted by Gasteiger charge is 2.20. The van der Waals surface area contributed by atoms with Crippen LogP contribution in [-0.4, -0.2) is 76.9 Å². The number of hydrogen-bond acceptors (Lipinski definition) is 4. The van der Waals surface area contributed by atoms with Gasteiger partial charge in [-0.25, -0.2) is 0 Å². The molecule has 1 aliphatic rings. The predicted molar refractivity (Wildman–Crippen MR) is 77.1 cm³/mol. The molecule has 1 saturated carbocycles. The van der Waals surface area contributed by atoms with E-state index in [0.29, 0.717) is 0 Å². The second-order valence-electron chi connectivity index (χ2n) is 5.73. The molecule has 108 valence electrons. The number of hydrogen-bond donors (Lipinski definition) is 1. The van der Waals surface area contributed by atoms with E-state index in [4.69, 9.17) is 4.74 Å². The molecule has 0 radical (unpaired) electrons. The van der Waals surface area contributed by atoms with Gasteiger partial charge in [-0.3, -0.25) is 0 Å². The average Bonchev–Trinajstić information content (AvgIpc) is 3.13. The zero-order chi connectivity index (χ0) is 13.2. The lowest BCUT2D eigenvalue weighted by Gasteiger charge is -2.17. The molecule has 0 unspecified atom stereocenters. The Kier molecular flexibility index (Phi) is 8.59. The third-order valence-corrected chi connectivity index (χ3v) is 3.30. The minimum absolute atomic E-state index is 0.883. The fourth-order valence-electron chi connectivity index (χ4n) is 1.78. The number of likely N-dealkylation sites (N-methyl/N-ethyl adjacent to an activating group) is 1. The molecule has 18 heavy (non-hydrogen) atoms. The van der Waals surface area contributed by atoms with Gasteiger partial charge in [-0.05, 0) is 59.4 Å². The second kappa shape index (κ2) is 9.73. The highest BCUT2D eigenvalue weighted by molar-refractivity contribution is 4.72. The van der Waals surface area contributed by atoms with Crippen molar-refractivity contribution in [1.29, 1.82) is 0 Å². The van der Waals surface area contributed by atoms with Gasteiger partial charge in [0.05, 0.1) is 6.61 Å². The van der Waals surface area contributed by atoms with Crippen LogP contribution in [0.5, 0.6) is 0 Å². The summed E-state index contributed by atoms with van der Waals surface area (Å²) < 4.78 is 5.63. The van der Waals surface area contributed by atoms with E-state index in [1.807, 2.05) is 0 Å². The van der Waals surface area contributed by atoms with E-state index in [9.17, 15) is 0 Å². The summed E-state index contributed by atoms with van der Waals surface area (Å²) in [6, 6.07) is 0. The largest absolute Gasteiger partial charge is 0.380 e. The molecule has 0 aromatic heterocycles. The van der Waals surface area contributed by atoms with E-state index < -0.39 is 0 Å². The molecule has 0 spiro atoms. The average molecular weight is 257 g/mol. The van der Waals surface area contributed by atoms with E-state index in [1.165, 1.54) is 19.3 Å². The fraction of sp³-hybridized carbons (Fsp3) is 1.00. The Balaban J connectivity index is 1.76. The van der Waals surface area contributed by atoms with Gasteiger partial charge >= 0.3 is 0 Å². The van der Waals surface area contributed by atoms with Crippen LogP contribution in [-0.2, 0) is 4.74 Å². The van der Waals surface area contributed by atoms with Gasteiger partial charge in [0.25, 0.3) is 0 Å². The highest BCUT2D eigenvalue weighted by Crippen LogP contribution is 2.28. The van der Waals surface area contributed by atoms with Crippen molar-refractivity contribution in [3.05, 3.63) is 0 Å². The zero-order valence-electron chi connectivity index (χ0n) is 12.5. The summed E-state index contributed by atoms with van der Waals surface area (Å²) >= 11 is 0. The molecule has 0 bridgehead atoms. The first kappa shape index (κ1) is 15.9. The normalized spacial score (nSPS) is 15.8. The third-order valence-electron chi connectivity index (χ3n) is 3.30. The SMILES string of the molecule is CN(C)CCCNCCN(C)CCOCC1CC1. The van der Waals surface area contributed by atoms with Gasteiger partial charge in [0.2, 0.25) is 0 Å². The van der Waals surface area contributed by atoms with Crippen LogP contribution in [0.25, 0.3) is 0 Å².